The molecule has 1 aromatic carbocycles. The van der Waals surface area contributed by atoms with E-state index in [-0.39, 0.29) is 0 Å². The zero-order valence-corrected chi connectivity index (χ0v) is 13.0. The van der Waals surface area contributed by atoms with E-state index in [1.54, 1.807) is 11.3 Å². The molecule has 0 aliphatic heterocycles. The Bertz CT molecular complexity index is 519. The van der Waals surface area contributed by atoms with Crippen LogP contribution in [0.2, 0.25) is 0 Å². The van der Waals surface area contributed by atoms with Crippen molar-refractivity contribution in [2.75, 3.05) is 6.54 Å². The van der Waals surface area contributed by atoms with Gasteiger partial charge >= 0.3 is 0 Å². The Kier molecular flexibility index (Phi) is 4.54. The number of thiazole rings is 1. The van der Waals surface area contributed by atoms with Crippen molar-refractivity contribution in [3.8, 4) is 10.6 Å². The van der Waals surface area contributed by atoms with Crippen LogP contribution in [0.15, 0.2) is 28.7 Å². The molecule has 0 aliphatic carbocycles. The van der Waals surface area contributed by atoms with E-state index < -0.39 is 0 Å². The third kappa shape index (κ3) is 2.99. The number of nitrogens with zero attached hydrogens (tertiary/aromatic N) is 1. The van der Waals surface area contributed by atoms with Gasteiger partial charge in [0.15, 0.2) is 0 Å². The number of benzene rings is 1. The number of aromatic nitrogens is 1. The first kappa shape index (κ1) is 13.7. The highest BCUT2D eigenvalue weighted by atomic mass is 79.9. The van der Waals surface area contributed by atoms with Gasteiger partial charge in [-0.25, -0.2) is 4.98 Å². The van der Waals surface area contributed by atoms with Crippen molar-refractivity contribution < 1.29 is 0 Å². The second kappa shape index (κ2) is 5.95. The molecule has 0 saturated heterocycles. The van der Waals surface area contributed by atoms with Crippen molar-refractivity contribution in [1.82, 2.24) is 4.98 Å². The monoisotopic (exact) mass is 324 g/mol. The van der Waals surface area contributed by atoms with Crippen LogP contribution in [-0.4, -0.2) is 11.5 Å². The summed E-state index contributed by atoms with van der Waals surface area (Å²) < 4.78 is 1.09. The van der Waals surface area contributed by atoms with Crippen LogP contribution >= 0.6 is 27.3 Å². The van der Waals surface area contributed by atoms with E-state index in [9.17, 15) is 0 Å². The van der Waals surface area contributed by atoms with Crippen molar-refractivity contribution in [1.29, 1.82) is 0 Å². The molecule has 0 bridgehead atoms. The van der Waals surface area contributed by atoms with Gasteiger partial charge in [-0.1, -0.05) is 35.0 Å². The highest BCUT2D eigenvalue weighted by molar-refractivity contribution is 9.10. The van der Waals surface area contributed by atoms with Gasteiger partial charge in [0.1, 0.15) is 5.01 Å². The average molecular weight is 325 g/mol. The Hall–Kier alpha value is -0.710. The minimum Gasteiger partial charge on any atom is -0.330 e. The maximum Gasteiger partial charge on any atom is 0.123 e. The average Bonchev–Trinajstić information content (AvgIpc) is 2.72. The van der Waals surface area contributed by atoms with Crippen molar-refractivity contribution in [3.63, 3.8) is 0 Å². The number of halogens is 1. The fourth-order valence-electron chi connectivity index (χ4n) is 1.96. The molecule has 1 unspecified atom stereocenters. The van der Waals surface area contributed by atoms with Crippen LogP contribution in [0.4, 0.5) is 0 Å². The molecule has 0 saturated carbocycles. The SMILES string of the molecule is Cc1nc(-c2ccc(Br)cc2)sc1C(C)CCN. The largest absolute Gasteiger partial charge is 0.330 e. The van der Waals surface area contributed by atoms with E-state index >= 15 is 0 Å². The molecule has 0 fully saturated rings. The lowest BCUT2D eigenvalue weighted by atomic mass is 10.1. The second-order valence-electron chi connectivity index (χ2n) is 4.45. The minimum atomic E-state index is 0.497. The Labute approximate surface area is 120 Å². The number of hydrogen-bond acceptors (Lipinski definition) is 3. The summed E-state index contributed by atoms with van der Waals surface area (Å²) in [5.74, 6) is 0.497. The third-order valence-corrected chi connectivity index (χ3v) is 4.94. The molecule has 1 atom stereocenters. The molecule has 2 N–H and O–H groups in total. The number of rotatable bonds is 4. The summed E-state index contributed by atoms with van der Waals surface area (Å²) in [6.45, 7) is 5.03. The van der Waals surface area contributed by atoms with Gasteiger partial charge in [-0.2, -0.15) is 0 Å². The quantitative estimate of drug-likeness (QED) is 0.908. The zero-order valence-electron chi connectivity index (χ0n) is 10.6. The molecule has 2 aromatic rings. The number of nitrogens with two attached hydrogens (primary N) is 1. The maximum atomic E-state index is 5.63. The Morgan fingerprint density at radius 2 is 2.00 bits per heavy atom. The van der Waals surface area contributed by atoms with Crippen molar-refractivity contribution in [2.45, 2.75) is 26.2 Å². The summed E-state index contributed by atoms with van der Waals surface area (Å²) in [5, 5.41) is 1.10. The Morgan fingerprint density at radius 1 is 1.33 bits per heavy atom. The topological polar surface area (TPSA) is 38.9 Å². The van der Waals surface area contributed by atoms with E-state index in [1.807, 2.05) is 0 Å². The van der Waals surface area contributed by atoms with Gasteiger partial charge in [-0.3, -0.25) is 0 Å². The molecule has 2 rings (SSSR count). The number of aryl methyl sites for hydroxylation is 1. The van der Waals surface area contributed by atoms with Crippen LogP contribution in [0.3, 0.4) is 0 Å². The summed E-state index contributed by atoms with van der Waals surface area (Å²) in [7, 11) is 0. The van der Waals surface area contributed by atoms with Crippen molar-refractivity contribution >= 4 is 27.3 Å². The zero-order chi connectivity index (χ0) is 13.1. The van der Waals surface area contributed by atoms with Crippen molar-refractivity contribution in [3.05, 3.63) is 39.3 Å². The first-order chi connectivity index (χ1) is 8.61. The smallest absolute Gasteiger partial charge is 0.123 e. The molecule has 18 heavy (non-hydrogen) atoms. The lowest BCUT2D eigenvalue weighted by Gasteiger charge is -2.07. The molecule has 96 valence electrons. The van der Waals surface area contributed by atoms with Gasteiger partial charge in [0.25, 0.3) is 0 Å². The molecular formula is C14H17BrN2S. The van der Waals surface area contributed by atoms with Crippen LogP contribution in [0, 0.1) is 6.92 Å². The van der Waals surface area contributed by atoms with Gasteiger partial charge in [0, 0.05) is 14.9 Å². The molecule has 0 amide bonds. The normalized spacial score (nSPS) is 12.7. The predicted molar refractivity (Wildman–Crippen MR) is 82.1 cm³/mol. The lowest BCUT2D eigenvalue weighted by molar-refractivity contribution is 0.696. The summed E-state index contributed by atoms with van der Waals surface area (Å²) in [6, 6.07) is 8.30. The van der Waals surface area contributed by atoms with Crippen LogP contribution < -0.4 is 5.73 Å². The summed E-state index contributed by atoms with van der Waals surface area (Å²) in [4.78, 5) is 6.04. The standard InChI is InChI=1S/C14H17BrN2S/c1-9(7-8-16)13-10(2)17-14(18-13)11-3-5-12(15)6-4-11/h3-6,9H,7-8,16H2,1-2H3. The predicted octanol–water partition coefficient (Wildman–Crippen LogP) is 4.33. The molecular weight excluding hydrogens is 308 g/mol. The maximum absolute atomic E-state index is 5.63. The molecule has 1 aromatic heterocycles. The molecule has 1 heterocycles. The minimum absolute atomic E-state index is 0.497. The molecule has 0 spiro atoms. The van der Waals surface area contributed by atoms with Crippen LogP contribution in [-0.2, 0) is 0 Å². The fourth-order valence-corrected chi connectivity index (χ4v) is 3.38. The first-order valence-electron chi connectivity index (χ1n) is 6.05. The van der Waals surface area contributed by atoms with Gasteiger partial charge in [0.05, 0.1) is 5.69 Å². The van der Waals surface area contributed by atoms with Crippen molar-refractivity contribution in [2.24, 2.45) is 5.73 Å². The highest BCUT2D eigenvalue weighted by Gasteiger charge is 2.14. The van der Waals surface area contributed by atoms with E-state index in [1.165, 1.54) is 10.4 Å². The van der Waals surface area contributed by atoms with Crippen LogP contribution in [0.1, 0.15) is 29.8 Å². The van der Waals surface area contributed by atoms with Crippen LogP contribution in [0.5, 0.6) is 0 Å². The molecule has 2 nitrogen and oxygen atoms in total. The summed E-state index contributed by atoms with van der Waals surface area (Å²) >= 11 is 5.24. The van der Waals surface area contributed by atoms with Gasteiger partial charge in [-0.05, 0) is 37.9 Å². The van der Waals surface area contributed by atoms with Crippen LogP contribution in [0.25, 0.3) is 10.6 Å². The Morgan fingerprint density at radius 3 is 2.61 bits per heavy atom. The second-order valence-corrected chi connectivity index (χ2v) is 6.40. The molecule has 4 heteroatoms. The van der Waals surface area contributed by atoms with E-state index in [2.05, 4.69) is 59.0 Å². The third-order valence-electron chi connectivity index (χ3n) is 2.97. The van der Waals surface area contributed by atoms with E-state index in [4.69, 9.17) is 5.73 Å². The fraction of sp³-hybridized carbons (Fsp3) is 0.357. The molecule has 0 aliphatic rings. The van der Waals surface area contributed by atoms with E-state index in [0.29, 0.717) is 5.92 Å². The van der Waals surface area contributed by atoms with Gasteiger partial charge in [-0.15, -0.1) is 11.3 Å². The Balaban J connectivity index is 2.30. The lowest BCUT2D eigenvalue weighted by Crippen LogP contribution is -2.04. The highest BCUT2D eigenvalue weighted by Crippen LogP contribution is 2.34. The number of hydrogen-bond donors (Lipinski definition) is 1. The van der Waals surface area contributed by atoms with Gasteiger partial charge in [0.2, 0.25) is 0 Å². The van der Waals surface area contributed by atoms with E-state index in [0.717, 1.165) is 28.1 Å². The van der Waals surface area contributed by atoms with Gasteiger partial charge < -0.3 is 5.73 Å². The first-order valence-corrected chi connectivity index (χ1v) is 7.66. The summed E-state index contributed by atoms with van der Waals surface area (Å²) in [5.41, 5.74) is 7.95. The summed E-state index contributed by atoms with van der Waals surface area (Å²) in [6.07, 6.45) is 1.02. The molecule has 0 radical (unpaired) electrons.